The van der Waals surface area contributed by atoms with Gasteiger partial charge in [0.25, 0.3) is 0 Å². The van der Waals surface area contributed by atoms with Gasteiger partial charge in [-0.05, 0) is 43.0 Å². The van der Waals surface area contributed by atoms with E-state index in [0.29, 0.717) is 12.0 Å². The molecule has 0 saturated carbocycles. The third kappa shape index (κ3) is 3.03. The molecule has 0 aliphatic carbocycles. The lowest BCUT2D eigenvalue weighted by molar-refractivity contribution is 0.380. The first-order valence-corrected chi connectivity index (χ1v) is 7.26. The molecule has 0 fully saturated rings. The minimum absolute atomic E-state index is 0.303. The van der Waals surface area contributed by atoms with Crippen molar-refractivity contribution in [2.24, 2.45) is 11.1 Å². The van der Waals surface area contributed by atoms with Crippen LogP contribution in [-0.2, 0) is 6.42 Å². The summed E-state index contributed by atoms with van der Waals surface area (Å²) in [5.41, 5.74) is 10.0. The first-order valence-electron chi connectivity index (χ1n) is 7.26. The predicted molar refractivity (Wildman–Crippen MR) is 84.1 cm³/mol. The summed E-state index contributed by atoms with van der Waals surface area (Å²) in [4.78, 5) is 4.88. The van der Waals surface area contributed by atoms with Gasteiger partial charge in [-0.3, -0.25) is 0 Å². The van der Waals surface area contributed by atoms with Gasteiger partial charge in [0, 0.05) is 26.7 Å². The molecule has 106 valence electrons. The summed E-state index contributed by atoms with van der Waals surface area (Å²) < 4.78 is 0. The molecule has 0 unspecified atom stereocenters. The molecule has 0 aromatic heterocycles. The Balaban J connectivity index is 2.43. The van der Waals surface area contributed by atoms with E-state index in [2.05, 4.69) is 55.8 Å². The molecular formula is C16H27N3. The summed E-state index contributed by atoms with van der Waals surface area (Å²) in [7, 11) is 2.20. The fourth-order valence-electron chi connectivity index (χ4n) is 3.13. The molecule has 0 amide bonds. The largest absolute Gasteiger partial charge is 0.372 e. The van der Waals surface area contributed by atoms with Crippen LogP contribution in [0.3, 0.4) is 0 Å². The highest BCUT2D eigenvalue weighted by Gasteiger charge is 2.29. The third-order valence-electron chi connectivity index (χ3n) is 3.89. The SMILES string of the molecule is CCN1CC(C)(C)CN(C)c2cc(CCN)ccc21. The Morgan fingerprint density at radius 1 is 1.21 bits per heavy atom. The number of anilines is 2. The highest BCUT2D eigenvalue weighted by molar-refractivity contribution is 5.73. The van der Waals surface area contributed by atoms with Crippen LogP contribution >= 0.6 is 0 Å². The van der Waals surface area contributed by atoms with Gasteiger partial charge in [0.15, 0.2) is 0 Å². The van der Waals surface area contributed by atoms with Gasteiger partial charge < -0.3 is 15.5 Å². The molecule has 2 rings (SSSR count). The van der Waals surface area contributed by atoms with Gasteiger partial charge in [0.05, 0.1) is 11.4 Å². The smallest absolute Gasteiger partial charge is 0.0604 e. The van der Waals surface area contributed by atoms with E-state index >= 15 is 0 Å². The molecule has 1 aliphatic rings. The number of rotatable bonds is 3. The molecule has 0 atom stereocenters. The minimum Gasteiger partial charge on any atom is -0.372 e. The summed E-state index contributed by atoms with van der Waals surface area (Å²) in [6.07, 6.45) is 0.955. The molecule has 0 saturated heterocycles. The van der Waals surface area contributed by atoms with Crippen LogP contribution < -0.4 is 15.5 Å². The summed E-state index contributed by atoms with van der Waals surface area (Å²) in [6, 6.07) is 6.80. The van der Waals surface area contributed by atoms with Crippen LogP contribution in [0.5, 0.6) is 0 Å². The molecule has 19 heavy (non-hydrogen) atoms. The van der Waals surface area contributed by atoms with Crippen molar-refractivity contribution < 1.29 is 0 Å². The van der Waals surface area contributed by atoms with E-state index in [1.165, 1.54) is 16.9 Å². The second-order valence-electron chi connectivity index (χ2n) is 6.40. The van der Waals surface area contributed by atoms with Gasteiger partial charge in [-0.2, -0.15) is 0 Å². The van der Waals surface area contributed by atoms with Crippen molar-refractivity contribution in [1.29, 1.82) is 0 Å². The molecule has 3 heteroatoms. The van der Waals surface area contributed by atoms with Crippen LogP contribution in [-0.4, -0.2) is 33.2 Å². The Morgan fingerprint density at radius 2 is 1.95 bits per heavy atom. The van der Waals surface area contributed by atoms with Crippen LogP contribution in [0.1, 0.15) is 26.3 Å². The summed E-state index contributed by atoms with van der Waals surface area (Å²) in [5, 5.41) is 0. The van der Waals surface area contributed by atoms with Crippen molar-refractivity contribution >= 4 is 11.4 Å². The van der Waals surface area contributed by atoms with E-state index in [4.69, 9.17) is 5.73 Å². The van der Waals surface area contributed by atoms with E-state index in [1.807, 2.05) is 0 Å². The molecule has 1 heterocycles. The molecule has 0 spiro atoms. The van der Waals surface area contributed by atoms with Crippen LogP contribution in [0.15, 0.2) is 18.2 Å². The molecule has 1 aliphatic heterocycles. The zero-order valence-corrected chi connectivity index (χ0v) is 12.7. The number of nitrogens with two attached hydrogens (primary N) is 1. The van der Waals surface area contributed by atoms with Gasteiger partial charge in [-0.15, -0.1) is 0 Å². The van der Waals surface area contributed by atoms with E-state index in [1.54, 1.807) is 0 Å². The lowest BCUT2D eigenvalue weighted by Crippen LogP contribution is -2.37. The number of nitrogens with zero attached hydrogens (tertiary/aromatic N) is 2. The van der Waals surface area contributed by atoms with Crippen molar-refractivity contribution in [1.82, 2.24) is 0 Å². The number of fused-ring (bicyclic) bond motifs is 1. The van der Waals surface area contributed by atoms with Crippen LogP contribution in [0, 0.1) is 5.41 Å². The van der Waals surface area contributed by atoms with E-state index in [-0.39, 0.29) is 0 Å². The minimum atomic E-state index is 0.303. The Bertz CT molecular complexity index is 440. The summed E-state index contributed by atoms with van der Waals surface area (Å²) in [6.45, 7) is 10.9. The zero-order valence-electron chi connectivity index (χ0n) is 12.7. The molecule has 0 radical (unpaired) electrons. The second-order valence-corrected chi connectivity index (χ2v) is 6.40. The molecule has 0 bridgehead atoms. The van der Waals surface area contributed by atoms with Gasteiger partial charge in [0.2, 0.25) is 0 Å². The maximum atomic E-state index is 5.67. The number of benzene rings is 1. The van der Waals surface area contributed by atoms with Crippen LogP contribution in [0.25, 0.3) is 0 Å². The molecular weight excluding hydrogens is 234 g/mol. The predicted octanol–water partition coefficient (Wildman–Crippen LogP) is 2.49. The quantitative estimate of drug-likeness (QED) is 0.907. The standard InChI is InChI=1S/C16H27N3/c1-5-19-12-16(2,3)11-18(4)15-10-13(8-9-17)6-7-14(15)19/h6-7,10H,5,8-9,11-12,17H2,1-4H3. The van der Waals surface area contributed by atoms with Gasteiger partial charge >= 0.3 is 0 Å². The molecule has 1 aromatic rings. The van der Waals surface area contributed by atoms with E-state index < -0.39 is 0 Å². The normalized spacial score (nSPS) is 18.2. The first kappa shape index (κ1) is 14.2. The fourth-order valence-corrected chi connectivity index (χ4v) is 3.13. The number of hydrogen-bond acceptors (Lipinski definition) is 3. The summed E-state index contributed by atoms with van der Waals surface area (Å²) >= 11 is 0. The maximum absolute atomic E-state index is 5.67. The van der Waals surface area contributed by atoms with Crippen molar-refractivity contribution in [2.45, 2.75) is 27.2 Å². The van der Waals surface area contributed by atoms with Crippen LogP contribution in [0.2, 0.25) is 0 Å². The van der Waals surface area contributed by atoms with Crippen molar-refractivity contribution in [2.75, 3.05) is 43.0 Å². The maximum Gasteiger partial charge on any atom is 0.0604 e. The third-order valence-corrected chi connectivity index (χ3v) is 3.89. The molecule has 3 nitrogen and oxygen atoms in total. The van der Waals surface area contributed by atoms with Gasteiger partial charge in [-0.25, -0.2) is 0 Å². The first-order chi connectivity index (χ1) is 8.96. The average Bonchev–Trinajstić information content (AvgIpc) is 2.44. The van der Waals surface area contributed by atoms with Crippen molar-refractivity contribution in [3.63, 3.8) is 0 Å². The second kappa shape index (κ2) is 5.41. The Labute approximate surface area is 117 Å². The Morgan fingerprint density at radius 3 is 2.58 bits per heavy atom. The van der Waals surface area contributed by atoms with Crippen molar-refractivity contribution in [3.8, 4) is 0 Å². The monoisotopic (exact) mass is 261 g/mol. The summed E-state index contributed by atoms with van der Waals surface area (Å²) in [5.74, 6) is 0. The van der Waals surface area contributed by atoms with Crippen molar-refractivity contribution in [3.05, 3.63) is 23.8 Å². The lowest BCUT2D eigenvalue weighted by Gasteiger charge is -2.30. The zero-order chi connectivity index (χ0) is 14.0. The molecule has 1 aromatic carbocycles. The van der Waals surface area contributed by atoms with Gasteiger partial charge in [-0.1, -0.05) is 19.9 Å². The highest BCUT2D eigenvalue weighted by atomic mass is 15.2. The average molecular weight is 261 g/mol. The fraction of sp³-hybridized carbons (Fsp3) is 0.625. The number of hydrogen-bond donors (Lipinski definition) is 1. The Kier molecular flexibility index (Phi) is 4.04. The lowest BCUT2D eigenvalue weighted by atomic mass is 9.92. The van der Waals surface area contributed by atoms with E-state index in [0.717, 1.165) is 26.1 Å². The van der Waals surface area contributed by atoms with Crippen LogP contribution in [0.4, 0.5) is 11.4 Å². The highest BCUT2D eigenvalue weighted by Crippen LogP contribution is 2.37. The topological polar surface area (TPSA) is 32.5 Å². The Hall–Kier alpha value is -1.22. The van der Waals surface area contributed by atoms with Gasteiger partial charge in [0.1, 0.15) is 0 Å². The molecule has 2 N–H and O–H groups in total. The van der Waals surface area contributed by atoms with E-state index in [9.17, 15) is 0 Å².